The average molecular weight is 1660 g/mol. The fraction of sp³-hybridized carbons (Fsp3) is 0.0167. The van der Waals surface area contributed by atoms with Crippen molar-refractivity contribution >= 4 is 66.9 Å². The van der Waals surface area contributed by atoms with Crippen molar-refractivity contribution in [3.63, 3.8) is 0 Å². The highest BCUT2D eigenvalue weighted by Gasteiger charge is 2.52. The van der Waals surface area contributed by atoms with E-state index in [1.165, 1.54) is 97.3 Å². The summed E-state index contributed by atoms with van der Waals surface area (Å²) in [6, 6.07) is 162. The minimum atomic E-state index is -0.501. The summed E-state index contributed by atoms with van der Waals surface area (Å²) in [6.45, 7) is 0. The largest absolute Gasteiger partial charge is 0.247 e. The topological polar surface area (TPSA) is 77.3 Å². The maximum Gasteiger partial charge on any atom is 0.160 e. The van der Waals surface area contributed by atoms with Gasteiger partial charge in [0, 0.05) is 85.6 Å². The molecule has 2 aliphatic carbocycles. The molecule has 0 fully saturated rings. The van der Waals surface area contributed by atoms with Crippen LogP contribution in [0.25, 0.3) is 178 Å². The molecule has 0 saturated carbocycles. The zero-order valence-electron chi connectivity index (χ0n) is 69.2. The normalized spacial score (nSPS) is 13.1. The monoisotopic (exact) mass is 1660 g/mol. The van der Waals surface area contributed by atoms with Crippen LogP contribution in [0.2, 0.25) is 0 Å². The highest BCUT2D eigenvalue weighted by molar-refractivity contribution is 7.99. The number of pyridine rings is 2. The second-order valence-electron chi connectivity index (χ2n) is 33.3. The van der Waals surface area contributed by atoms with Crippen molar-refractivity contribution in [2.45, 2.75) is 30.4 Å². The number of rotatable bonds is 10. The van der Waals surface area contributed by atoms with Gasteiger partial charge < -0.3 is 0 Å². The first-order chi connectivity index (χ1) is 63.4. The molecule has 26 rings (SSSR count). The molecule has 0 bridgehead atoms. The van der Waals surface area contributed by atoms with E-state index in [-0.39, 0.29) is 0 Å². The molecule has 4 aliphatic rings. The van der Waals surface area contributed by atoms with Crippen LogP contribution in [0.3, 0.4) is 0 Å². The van der Waals surface area contributed by atoms with Gasteiger partial charge in [0.2, 0.25) is 0 Å². The van der Waals surface area contributed by atoms with E-state index in [1.54, 1.807) is 0 Å². The minimum absolute atomic E-state index is 0.476. The average Bonchev–Trinajstić information content (AvgIpc) is 1.51. The van der Waals surface area contributed by atoms with Gasteiger partial charge in [0.05, 0.1) is 56.0 Å². The van der Waals surface area contributed by atoms with Crippen molar-refractivity contribution in [3.05, 3.63) is 493 Å². The summed E-state index contributed by atoms with van der Waals surface area (Å²) < 4.78 is 0. The summed E-state index contributed by atoms with van der Waals surface area (Å²) in [4.78, 5) is 36.8. The molecule has 4 aromatic heterocycles. The molecule has 22 aromatic rings. The number of nitrogens with zero attached hydrogens (tertiary/aromatic N) is 6. The predicted molar refractivity (Wildman–Crippen MR) is 527 cm³/mol. The SMILES string of the molecule is c1ccc(-c2cc(-c3ccc(-c4ccc5nc(-c6ccccc6)c6cc7c(cc6c5c4)C4(c5ccccc5Sc5ccccc54)c4ccccc4-7)cc3)nc(-c3ccccc3)n2)cc1.c1ccc(-c2cccc(-c3cc(-c4ccc5nc(-c6ccccc6)c6cc7c(cc6c5c4)C4(c5ccccc5Sc5ccccc54)c4ccccc4-7)nc(-c4ccccc4)n3)c2)cc1. The third-order valence-electron chi connectivity index (χ3n) is 26.3. The summed E-state index contributed by atoms with van der Waals surface area (Å²) in [5.41, 5.74) is 34.9. The molecular weight excluding hydrogens is 1590 g/mol. The third kappa shape index (κ3) is 12.2. The Morgan fingerprint density at radius 2 is 0.445 bits per heavy atom. The fourth-order valence-electron chi connectivity index (χ4n) is 20.5. The van der Waals surface area contributed by atoms with Gasteiger partial charge in [-0.15, -0.1) is 0 Å². The second kappa shape index (κ2) is 30.5. The zero-order chi connectivity index (χ0) is 84.4. The fourth-order valence-corrected chi connectivity index (χ4v) is 22.9. The summed E-state index contributed by atoms with van der Waals surface area (Å²) >= 11 is 3.75. The number of fused-ring (bicyclic) bond motifs is 24. The standard InChI is InChI=1S/2C60H37N3S/c1-4-17-38(18-5-1)41-23-16-24-42(33-41)54-37-55(63-59(62-54)40-21-8-3-9-22-40)43-31-32-53-47(34-43)45-36-52-46(35-48(45)58(61-53)39-19-6-2-7-20-39)44-25-10-11-26-49(44)60(52)50-27-12-14-29-56(50)64-57-30-15-13-28-51(57)60;1-4-16-39(17-5-1)54-37-55(63-59(62-54)42-20-8-3-9-21-42)40-30-28-38(29-31-40)43-32-33-53-47(34-43)45-36-52-46(35-48(45)58(61-53)41-18-6-2-7-19-41)44-22-10-11-23-49(44)60(52)50-24-12-14-26-56(50)64-57-27-15-13-25-51(57)60/h2*1-37H. The van der Waals surface area contributed by atoms with Crippen LogP contribution in [-0.2, 0) is 10.8 Å². The quantitative estimate of drug-likeness (QED) is 0.125. The number of benzene rings is 18. The summed E-state index contributed by atoms with van der Waals surface area (Å²) in [7, 11) is 0. The molecule has 0 amide bonds. The maximum atomic E-state index is 5.50. The predicted octanol–water partition coefficient (Wildman–Crippen LogP) is 30.7. The molecule has 0 atom stereocenters. The molecule has 596 valence electrons. The molecular formula is C120H74N6S2. The van der Waals surface area contributed by atoms with Crippen molar-refractivity contribution in [1.82, 2.24) is 29.9 Å². The van der Waals surface area contributed by atoms with Gasteiger partial charge in [0.15, 0.2) is 11.6 Å². The van der Waals surface area contributed by atoms with Crippen LogP contribution < -0.4 is 0 Å². The van der Waals surface area contributed by atoms with Crippen molar-refractivity contribution in [2.75, 3.05) is 0 Å². The molecule has 2 aliphatic heterocycles. The molecule has 6 nitrogen and oxygen atoms in total. The van der Waals surface area contributed by atoms with Crippen molar-refractivity contribution in [3.8, 4) is 135 Å². The van der Waals surface area contributed by atoms with E-state index in [1.807, 2.05) is 66.0 Å². The van der Waals surface area contributed by atoms with E-state index in [2.05, 4.69) is 406 Å². The van der Waals surface area contributed by atoms with Gasteiger partial charge in [0.25, 0.3) is 0 Å². The van der Waals surface area contributed by atoms with Crippen LogP contribution in [0.15, 0.2) is 468 Å². The molecule has 128 heavy (non-hydrogen) atoms. The van der Waals surface area contributed by atoms with Gasteiger partial charge >= 0.3 is 0 Å². The lowest BCUT2D eigenvalue weighted by atomic mass is 9.67. The number of hydrogen-bond donors (Lipinski definition) is 0. The summed E-state index contributed by atoms with van der Waals surface area (Å²) in [5.74, 6) is 1.39. The molecule has 8 heteroatoms. The smallest absolute Gasteiger partial charge is 0.160 e. The van der Waals surface area contributed by atoms with E-state index in [4.69, 9.17) is 29.9 Å². The first-order valence-electron chi connectivity index (χ1n) is 43.5. The Bertz CT molecular complexity index is 8080. The van der Waals surface area contributed by atoms with E-state index in [0.717, 1.165) is 133 Å². The highest BCUT2D eigenvalue weighted by atomic mass is 32.2. The number of aromatic nitrogens is 6. The molecule has 18 aromatic carbocycles. The summed E-state index contributed by atoms with van der Waals surface area (Å²) in [5, 5.41) is 6.85. The Labute approximate surface area is 749 Å². The van der Waals surface area contributed by atoms with Crippen molar-refractivity contribution in [2.24, 2.45) is 0 Å². The maximum absolute atomic E-state index is 5.50. The van der Waals surface area contributed by atoms with Crippen LogP contribution in [0, 0.1) is 0 Å². The molecule has 6 heterocycles. The zero-order valence-corrected chi connectivity index (χ0v) is 70.9. The van der Waals surface area contributed by atoms with Gasteiger partial charge in [-0.3, -0.25) is 0 Å². The molecule has 2 spiro atoms. The van der Waals surface area contributed by atoms with E-state index in [0.29, 0.717) is 11.6 Å². The lowest BCUT2D eigenvalue weighted by Gasteiger charge is -2.39. The third-order valence-corrected chi connectivity index (χ3v) is 28.6. The van der Waals surface area contributed by atoms with Crippen LogP contribution >= 0.6 is 23.5 Å². The van der Waals surface area contributed by atoms with Crippen molar-refractivity contribution < 1.29 is 0 Å². The molecule has 0 radical (unpaired) electrons. The van der Waals surface area contributed by atoms with Gasteiger partial charge in [0.1, 0.15) is 0 Å². The van der Waals surface area contributed by atoms with Gasteiger partial charge in [-0.25, -0.2) is 29.9 Å². The van der Waals surface area contributed by atoms with Gasteiger partial charge in [-0.1, -0.05) is 381 Å². The lowest BCUT2D eigenvalue weighted by molar-refractivity contribution is 0.723. The highest BCUT2D eigenvalue weighted by Crippen LogP contribution is 2.65. The van der Waals surface area contributed by atoms with E-state index >= 15 is 0 Å². The molecule has 0 saturated heterocycles. The Morgan fingerprint density at radius 3 is 0.875 bits per heavy atom. The minimum Gasteiger partial charge on any atom is -0.247 e. The second-order valence-corrected chi connectivity index (χ2v) is 35.5. The van der Waals surface area contributed by atoms with Crippen LogP contribution in [0.1, 0.15) is 44.5 Å². The Hall–Kier alpha value is -15.8. The van der Waals surface area contributed by atoms with Crippen LogP contribution in [-0.4, -0.2) is 29.9 Å². The van der Waals surface area contributed by atoms with E-state index < -0.39 is 10.8 Å². The van der Waals surface area contributed by atoms with Gasteiger partial charge in [-0.2, -0.15) is 0 Å². The van der Waals surface area contributed by atoms with Crippen LogP contribution in [0.4, 0.5) is 0 Å². The lowest BCUT2D eigenvalue weighted by Crippen LogP contribution is -2.31. The Kier molecular flexibility index (Phi) is 17.8. The van der Waals surface area contributed by atoms with E-state index in [9.17, 15) is 0 Å². The Balaban J connectivity index is 0.000000139. The first-order valence-corrected chi connectivity index (χ1v) is 45.1. The molecule has 0 unspecified atom stereocenters. The number of hydrogen-bond acceptors (Lipinski definition) is 8. The Morgan fingerprint density at radius 1 is 0.156 bits per heavy atom. The van der Waals surface area contributed by atoms with Gasteiger partial charge in [-0.05, 0) is 191 Å². The first kappa shape index (κ1) is 74.8. The van der Waals surface area contributed by atoms with Crippen LogP contribution in [0.5, 0.6) is 0 Å². The summed E-state index contributed by atoms with van der Waals surface area (Å²) in [6.07, 6.45) is 0. The van der Waals surface area contributed by atoms with Crippen molar-refractivity contribution in [1.29, 1.82) is 0 Å². The molecule has 0 N–H and O–H groups in total.